The van der Waals surface area contributed by atoms with Crippen LogP contribution in [0.4, 0.5) is 48.1 Å². The van der Waals surface area contributed by atoms with Crippen LogP contribution in [0.1, 0.15) is 55.3 Å². The van der Waals surface area contributed by atoms with Gasteiger partial charge in [0, 0.05) is 30.3 Å². The van der Waals surface area contributed by atoms with Gasteiger partial charge in [-0.2, -0.15) is 23.1 Å². The number of ether oxygens (including phenoxy) is 2. The summed E-state index contributed by atoms with van der Waals surface area (Å²) in [5.41, 5.74) is 5.48. The lowest BCUT2D eigenvalue weighted by atomic mass is 9.89. The summed E-state index contributed by atoms with van der Waals surface area (Å²) in [4.78, 5) is 25.0. The van der Waals surface area contributed by atoms with Crippen LogP contribution >= 0.6 is 0 Å². The zero-order chi connectivity index (χ0) is 36.2. The molecular formula is C33H32F7N9O2. The van der Waals surface area contributed by atoms with Crippen molar-refractivity contribution in [2.75, 3.05) is 49.2 Å². The summed E-state index contributed by atoms with van der Waals surface area (Å²) in [7, 11) is 0. The smallest absolute Gasteiger partial charge is 0.417 e. The van der Waals surface area contributed by atoms with Gasteiger partial charge in [-0.15, -0.1) is 0 Å². The lowest BCUT2D eigenvalue weighted by Gasteiger charge is -2.32. The molecule has 3 aromatic heterocycles. The van der Waals surface area contributed by atoms with E-state index in [2.05, 4.69) is 24.9 Å². The summed E-state index contributed by atoms with van der Waals surface area (Å²) in [5, 5.41) is -0.0677. The molecule has 3 fully saturated rings. The molecular weight excluding hydrogens is 687 g/mol. The monoisotopic (exact) mass is 719 g/mol. The third kappa shape index (κ3) is 5.07. The third-order valence-corrected chi connectivity index (χ3v) is 10.9. The van der Waals surface area contributed by atoms with Crippen LogP contribution in [0.3, 0.4) is 0 Å². The number of alkyl halides is 5. The Kier molecular flexibility index (Phi) is 7.29. The molecule has 270 valence electrons. The highest BCUT2D eigenvalue weighted by Gasteiger charge is 2.77. The number of rotatable bonds is 6. The number of anilines is 3. The lowest BCUT2D eigenvalue weighted by Crippen LogP contribution is -2.43. The van der Waals surface area contributed by atoms with E-state index in [0.717, 1.165) is 13.3 Å². The maximum Gasteiger partial charge on any atom is 0.417 e. The van der Waals surface area contributed by atoms with E-state index in [9.17, 15) is 26.3 Å². The highest BCUT2D eigenvalue weighted by Crippen LogP contribution is 2.69. The van der Waals surface area contributed by atoms with Crippen LogP contribution in [-0.4, -0.2) is 74.1 Å². The second-order valence-electron chi connectivity index (χ2n) is 13.9. The van der Waals surface area contributed by atoms with E-state index < -0.39 is 74.3 Å². The Morgan fingerprint density at radius 1 is 1.08 bits per heavy atom. The summed E-state index contributed by atoms with van der Waals surface area (Å²) in [6.45, 7) is 3.45. The molecule has 1 spiro atoms. The van der Waals surface area contributed by atoms with Crippen molar-refractivity contribution in [3.63, 3.8) is 0 Å². The van der Waals surface area contributed by atoms with Gasteiger partial charge in [-0.25, -0.2) is 32.5 Å². The fraction of sp³-hybridized carbons (Fsp3) is 0.485. The zero-order valence-corrected chi connectivity index (χ0v) is 27.4. The van der Waals surface area contributed by atoms with Gasteiger partial charge in [0.25, 0.3) is 5.92 Å². The first-order valence-electron chi connectivity index (χ1n) is 16.3. The van der Waals surface area contributed by atoms with Crippen LogP contribution in [0.2, 0.25) is 0 Å². The van der Waals surface area contributed by atoms with E-state index in [1.165, 1.54) is 12.5 Å². The number of nitrogen functional groups attached to an aromatic ring is 2. The molecule has 2 saturated heterocycles. The molecule has 11 nitrogen and oxygen atoms in total. The van der Waals surface area contributed by atoms with E-state index in [1.807, 2.05) is 4.90 Å². The molecule has 1 aliphatic carbocycles. The SMILES string of the molecule is Cc1c(F)c(N)cc(-c2nc3c4c(nc(OC[C@@]56CCCN5C[C@]5(CC5(F)F)C6)nc4c2F)N([C@H](C)c2cncnc2N)CCO3)c1C(F)(F)F. The number of halogens is 7. The van der Waals surface area contributed by atoms with Crippen molar-refractivity contribution in [1.29, 1.82) is 0 Å². The summed E-state index contributed by atoms with van der Waals surface area (Å²) in [6.07, 6.45) is -0.974. The molecule has 8 rings (SSSR count). The summed E-state index contributed by atoms with van der Waals surface area (Å²) in [6, 6.07) is -0.261. The summed E-state index contributed by atoms with van der Waals surface area (Å²) < 4.78 is 116. The molecule has 18 heteroatoms. The van der Waals surface area contributed by atoms with E-state index >= 15 is 4.39 Å². The van der Waals surface area contributed by atoms with Gasteiger partial charge in [0.2, 0.25) is 5.88 Å². The molecule has 6 heterocycles. The number of aromatic nitrogens is 5. The first kappa shape index (κ1) is 33.4. The van der Waals surface area contributed by atoms with Gasteiger partial charge in [0.15, 0.2) is 5.82 Å². The number of fused-ring (bicyclic) bond motifs is 1. The molecule has 4 aliphatic rings. The molecule has 1 saturated carbocycles. The van der Waals surface area contributed by atoms with Crippen LogP contribution in [0, 0.1) is 24.0 Å². The third-order valence-electron chi connectivity index (χ3n) is 10.9. The summed E-state index contributed by atoms with van der Waals surface area (Å²) >= 11 is 0. The van der Waals surface area contributed by atoms with Gasteiger partial charge in [0.1, 0.15) is 53.6 Å². The molecule has 3 aliphatic heterocycles. The van der Waals surface area contributed by atoms with Crippen molar-refractivity contribution in [2.24, 2.45) is 5.41 Å². The van der Waals surface area contributed by atoms with Crippen LogP contribution in [0.5, 0.6) is 11.9 Å². The van der Waals surface area contributed by atoms with Gasteiger partial charge in [-0.05, 0) is 51.3 Å². The Labute approximate surface area is 286 Å². The Bertz CT molecular complexity index is 2100. The molecule has 4 aromatic rings. The molecule has 3 atom stereocenters. The Balaban J connectivity index is 1.30. The van der Waals surface area contributed by atoms with Crippen molar-refractivity contribution in [3.8, 4) is 23.1 Å². The standard InChI is InChI=1S/C33H32F7N9O2/c1-15-21(33(38,39)40)17(8-19(41)22(15)34)24-23(35)25-20-27(49(6-7-50-28(20)45-24)16(2)18-9-43-14-44-26(18)42)47-29(46-25)51-13-31-4-3-5-48(31)12-30(10-31)11-32(30,36)37/h8-9,14,16H,3-7,10-13,41H2,1-2H3,(H2,42,43,44)/t16-,30-,31+/m1/s1. The maximum atomic E-state index is 16.9. The minimum Gasteiger partial charge on any atom is -0.475 e. The highest BCUT2D eigenvalue weighted by atomic mass is 19.4. The highest BCUT2D eigenvalue weighted by molar-refractivity contribution is 5.97. The predicted octanol–water partition coefficient (Wildman–Crippen LogP) is 5.85. The van der Waals surface area contributed by atoms with Gasteiger partial charge in [0.05, 0.1) is 34.8 Å². The van der Waals surface area contributed by atoms with Crippen molar-refractivity contribution in [1.82, 2.24) is 29.8 Å². The number of pyridine rings is 1. The lowest BCUT2D eigenvalue weighted by molar-refractivity contribution is -0.137. The first-order chi connectivity index (χ1) is 24.1. The average molecular weight is 720 g/mol. The zero-order valence-electron chi connectivity index (χ0n) is 27.4. The van der Waals surface area contributed by atoms with E-state index in [1.54, 1.807) is 11.8 Å². The molecule has 0 amide bonds. The Hall–Kier alpha value is -4.74. The Morgan fingerprint density at radius 3 is 2.55 bits per heavy atom. The fourth-order valence-electron chi connectivity index (χ4n) is 8.24. The van der Waals surface area contributed by atoms with Crippen molar-refractivity contribution >= 4 is 28.2 Å². The molecule has 4 N–H and O–H groups in total. The van der Waals surface area contributed by atoms with E-state index in [-0.39, 0.29) is 68.1 Å². The molecule has 0 unspecified atom stereocenters. The molecule has 51 heavy (non-hydrogen) atoms. The molecule has 0 radical (unpaired) electrons. The average Bonchev–Trinajstić information content (AvgIpc) is 3.27. The van der Waals surface area contributed by atoms with Crippen LogP contribution in [-0.2, 0) is 6.18 Å². The molecule has 0 bridgehead atoms. The van der Waals surface area contributed by atoms with E-state index in [0.29, 0.717) is 24.6 Å². The number of hydrogen-bond acceptors (Lipinski definition) is 11. The van der Waals surface area contributed by atoms with E-state index in [4.69, 9.17) is 20.9 Å². The normalized spacial score (nSPS) is 24.5. The number of nitrogens with two attached hydrogens (primary N) is 2. The summed E-state index contributed by atoms with van der Waals surface area (Å²) in [5.74, 6) is -5.41. The first-order valence-corrected chi connectivity index (χ1v) is 16.3. The Morgan fingerprint density at radius 2 is 1.84 bits per heavy atom. The van der Waals surface area contributed by atoms with Gasteiger partial charge < -0.3 is 25.8 Å². The second-order valence-corrected chi connectivity index (χ2v) is 13.9. The minimum absolute atomic E-state index is 0.0677. The van der Waals surface area contributed by atoms with Gasteiger partial charge in [-0.1, -0.05) is 0 Å². The van der Waals surface area contributed by atoms with Crippen LogP contribution < -0.4 is 25.8 Å². The minimum atomic E-state index is -5.12. The largest absolute Gasteiger partial charge is 0.475 e. The maximum absolute atomic E-state index is 16.9. The van der Waals surface area contributed by atoms with Crippen LogP contribution in [0.25, 0.3) is 22.2 Å². The number of hydrogen-bond donors (Lipinski definition) is 2. The van der Waals surface area contributed by atoms with Crippen molar-refractivity contribution in [3.05, 3.63) is 46.9 Å². The number of benzene rings is 1. The quantitative estimate of drug-likeness (QED) is 0.183. The number of nitrogens with zero attached hydrogens (tertiary/aromatic N) is 7. The second kappa shape index (κ2) is 11.1. The van der Waals surface area contributed by atoms with Gasteiger partial charge >= 0.3 is 12.2 Å². The topological polar surface area (TPSA) is 141 Å². The fourth-order valence-corrected chi connectivity index (χ4v) is 8.24. The van der Waals surface area contributed by atoms with Crippen LogP contribution in [0.15, 0.2) is 18.6 Å². The molecule has 1 aromatic carbocycles. The predicted molar refractivity (Wildman–Crippen MR) is 170 cm³/mol. The van der Waals surface area contributed by atoms with Gasteiger partial charge in [-0.3, -0.25) is 4.90 Å². The van der Waals surface area contributed by atoms with Crippen molar-refractivity contribution in [2.45, 2.75) is 63.2 Å². The van der Waals surface area contributed by atoms with Crippen molar-refractivity contribution < 1.29 is 40.2 Å².